The second kappa shape index (κ2) is 10.2. The van der Waals surface area contributed by atoms with E-state index in [9.17, 15) is 14.4 Å². The first-order chi connectivity index (χ1) is 15.4. The number of hydrogen-bond acceptors (Lipinski definition) is 5. The minimum Gasteiger partial charge on any atom is -0.493 e. The van der Waals surface area contributed by atoms with Crippen LogP contribution in [0.4, 0.5) is 4.79 Å². The van der Waals surface area contributed by atoms with Crippen molar-refractivity contribution in [2.45, 2.75) is 31.7 Å². The number of rotatable bonds is 10. The Labute approximate surface area is 187 Å². The Morgan fingerprint density at radius 3 is 2.41 bits per heavy atom. The van der Waals surface area contributed by atoms with E-state index < -0.39 is 11.6 Å². The molecule has 1 unspecified atom stereocenters. The number of amides is 4. The van der Waals surface area contributed by atoms with Gasteiger partial charge in [0.15, 0.2) is 11.5 Å². The van der Waals surface area contributed by atoms with Gasteiger partial charge in [0.1, 0.15) is 12.1 Å². The molecular weight excluding hydrogens is 410 g/mol. The van der Waals surface area contributed by atoms with Gasteiger partial charge in [0, 0.05) is 6.54 Å². The summed E-state index contributed by atoms with van der Waals surface area (Å²) in [6.45, 7) is 1.76. The number of aryl methyl sites for hydroxylation is 1. The van der Waals surface area contributed by atoms with Crippen LogP contribution in [0.25, 0.3) is 0 Å². The summed E-state index contributed by atoms with van der Waals surface area (Å²) in [6.07, 6.45) is 1.68. The molecule has 8 nitrogen and oxygen atoms in total. The molecule has 1 heterocycles. The zero-order valence-corrected chi connectivity index (χ0v) is 18.6. The first-order valence-electron chi connectivity index (χ1n) is 10.5. The minimum absolute atomic E-state index is 0.308. The minimum atomic E-state index is -1.02. The van der Waals surface area contributed by atoms with Gasteiger partial charge in [0.05, 0.1) is 14.2 Å². The number of hydrogen-bond donors (Lipinski definition) is 2. The van der Waals surface area contributed by atoms with Crippen LogP contribution >= 0.6 is 0 Å². The summed E-state index contributed by atoms with van der Waals surface area (Å²) < 4.78 is 10.5. The van der Waals surface area contributed by atoms with E-state index in [0.29, 0.717) is 37.3 Å². The maximum atomic E-state index is 12.9. The summed E-state index contributed by atoms with van der Waals surface area (Å²) in [6, 6.07) is 14.8. The molecule has 1 aliphatic rings. The Morgan fingerprint density at radius 1 is 1.00 bits per heavy atom. The van der Waals surface area contributed by atoms with Crippen LogP contribution in [0.5, 0.6) is 11.5 Å². The standard InChI is InChI=1S/C24H29N3O5/c1-24(13-11-17-7-5-4-6-8-17)22(29)27(23(30)26-24)16-21(28)25-14-12-18-9-10-19(31-2)20(15-18)32-3/h4-10,15H,11-14,16H2,1-3H3,(H,25,28)(H,26,30). The van der Waals surface area contributed by atoms with E-state index in [1.165, 1.54) is 0 Å². The molecule has 1 saturated heterocycles. The number of carbonyl (C=O) groups excluding carboxylic acids is 3. The Morgan fingerprint density at radius 2 is 1.72 bits per heavy atom. The molecular formula is C24H29N3O5. The SMILES string of the molecule is COc1ccc(CCNC(=O)CN2C(=O)NC(C)(CCc3ccccc3)C2=O)cc1OC. The number of methoxy groups -OCH3 is 2. The van der Waals surface area contributed by atoms with Crippen molar-refractivity contribution >= 4 is 17.8 Å². The van der Waals surface area contributed by atoms with Crippen molar-refractivity contribution in [3.8, 4) is 11.5 Å². The molecule has 32 heavy (non-hydrogen) atoms. The summed E-state index contributed by atoms with van der Waals surface area (Å²) in [5, 5.41) is 5.51. The highest BCUT2D eigenvalue weighted by atomic mass is 16.5. The van der Waals surface area contributed by atoms with Gasteiger partial charge in [-0.3, -0.25) is 14.5 Å². The van der Waals surface area contributed by atoms with Gasteiger partial charge < -0.3 is 20.1 Å². The highest BCUT2D eigenvalue weighted by Gasteiger charge is 2.47. The first-order valence-corrected chi connectivity index (χ1v) is 10.5. The van der Waals surface area contributed by atoms with Crippen molar-refractivity contribution < 1.29 is 23.9 Å². The topological polar surface area (TPSA) is 97.0 Å². The van der Waals surface area contributed by atoms with Crippen molar-refractivity contribution in [1.82, 2.24) is 15.5 Å². The fourth-order valence-electron chi connectivity index (χ4n) is 3.68. The van der Waals surface area contributed by atoms with Crippen molar-refractivity contribution in [1.29, 1.82) is 0 Å². The van der Waals surface area contributed by atoms with Crippen molar-refractivity contribution in [2.24, 2.45) is 0 Å². The largest absolute Gasteiger partial charge is 0.493 e. The summed E-state index contributed by atoms with van der Waals surface area (Å²) in [4.78, 5) is 38.6. The molecule has 0 aromatic heterocycles. The average molecular weight is 440 g/mol. The maximum Gasteiger partial charge on any atom is 0.325 e. The summed E-state index contributed by atoms with van der Waals surface area (Å²) >= 11 is 0. The summed E-state index contributed by atoms with van der Waals surface area (Å²) in [5.74, 6) is 0.481. The van der Waals surface area contributed by atoms with Crippen LogP contribution in [0.1, 0.15) is 24.5 Å². The van der Waals surface area contributed by atoms with Gasteiger partial charge in [-0.2, -0.15) is 0 Å². The highest BCUT2D eigenvalue weighted by Crippen LogP contribution is 2.27. The molecule has 2 aromatic carbocycles. The smallest absolute Gasteiger partial charge is 0.325 e. The van der Waals surface area contributed by atoms with Gasteiger partial charge in [-0.1, -0.05) is 36.4 Å². The van der Waals surface area contributed by atoms with E-state index in [0.717, 1.165) is 16.0 Å². The number of carbonyl (C=O) groups is 3. The number of imide groups is 1. The van der Waals surface area contributed by atoms with E-state index in [1.807, 2.05) is 42.5 Å². The Bertz CT molecular complexity index is 979. The first kappa shape index (κ1) is 23.1. The second-order valence-electron chi connectivity index (χ2n) is 7.93. The number of benzene rings is 2. The van der Waals surface area contributed by atoms with Crippen molar-refractivity contribution in [3.63, 3.8) is 0 Å². The molecule has 0 aliphatic carbocycles. The molecule has 0 bridgehead atoms. The van der Waals surface area contributed by atoms with Crippen LogP contribution in [0.3, 0.4) is 0 Å². The van der Waals surface area contributed by atoms with Gasteiger partial charge in [0.25, 0.3) is 5.91 Å². The molecule has 0 radical (unpaired) electrons. The molecule has 1 aliphatic heterocycles. The lowest BCUT2D eigenvalue weighted by molar-refractivity contribution is -0.134. The molecule has 2 aromatic rings. The van der Waals surface area contributed by atoms with Crippen LogP contribution in [-0.4, -0.2) is 55.6 Å². The quantitative estimate of drug-likeness (QED) is 0.554. The van der Waals surface area contributed by atoms with Gasteiger partial charge in [-0.25, -0.2) is 4.79 Å². The Balaban J connectivity index is 1.50. The maximum absolute atomic E-state index is 12.9. The van der Waals surface area contributed by atoms with Gasteiger partial charge in [-0.15, -0.1) is 0 Å². The monoisotopic (exact) mass is 439 g/mol. The molecule has 3 rings (SSSR count). The molecule has 0 spiro atoms. The van der Waals surface area contributed by atoms with E-state index in [-0.39, 0.29) is 18.4 Å². The average Bonchev–Trinajstić information content (AvgIpc) is 3.01. The normalized spacial score (nSPS) is 17.8. The molecule has 8 heteroatoms. The van der Waals surface area contributed by atoms with E-state index in [1.54, 1.807) is 27.2 Å². The molecule has 4 amide bonds. The second-order valence-corrected chi connectivity index (χ2v) is 7.93. The van der Waals surface area contributed by atoms with Gasteiger partial charge >= 0.3 is 6.03 Å². The predicted octanol–water partition coefficient (Wildman–Crippen LogP) is 2.31. The third-order valence-electron chi connectivity index (χ3n) is 5.59. The fraction of sp³-hybridized carbons (Fsp3) is 0.375. The Kier molecular flexibility index (Phi) is 7.35. The van der Waals surface area contributed by atoms with Crippen molar-refractivity contribution in [2.75, 3.05) is 27.3 Å². The van der Waals surface area contributed by atoms with Crippen LogP contribution in [0.2, 0.25) is 0 Å². The lowest BCUT2D eigenvalue weighted by atomic mass is 9.93. The fourth-order valence-corrected chi connectivity index (χ4v) is 3.68. The number of ether oxygens (including phenoxy) is 2. The van der Waals surface area contributed by atoms with Crippen LogP contribution in [0, 0.1) is 0 Å². The van der Waals surface area contributed by atoms with E-state index >= 15 is 0 Å². The van der Waals surface area contributed by atoms with E-state index in [4.69, 9.17) is 9.47 Å². The molecule has 0 saturated carbocycles. The summed E-state index contributed by atoms with van der Waals surface area (Å²) in [5.41, 5.74) is 1.03. The van der Waals surface area contributed by atoms with Gasteiger partial charge in [-0.05, 0) is 49.4 Å². The number of urea groups is 1. The third-order valence-corrected chi connectivity index (χ3v) is 5.59. The third kappa shape index (κ3) is 5.38. The van der Waals surface area contributed by atoms with Crippen molar-refractivity contribution in [3.05, 3.63) is 59.7 Å². The zero-order chi connectivity index (χ0) is 23.1. The van der Waals surface area contributed by atoms with Crippen LogP contribution in [-0.2, 0) is 22.4 Å². The van der Waals surface area contributed by atoms with Gasteiger partial charge in [0.2, 0.25) is 5.91 Å². The van der Waals surface area contributed by atoms with Crippen LogP contribution in [0.15, 0.2) is 48.5 Å². The number of nitrogens with zero attached hydrogens (tertiary/aromatic N) is 1. The summed E-state index contributed by atoms with van der Waals surface area (Å²) in [7, 11) is 3.13. The zero-order valence-electron chi connectivity index (χ0n) is 18.6. The molecule has 2 N–H and O–H groups in total. The predicted molar refractivity (Wildman–Crippen MR) is 120 cm³/mol. The van der Waals surface area contributed by atoms with E-state index in [2.05, 4.69) is 10.6 Å². The molecule has 170 valence electrons. The Hall–Kier alpha value is -3.55. The lowest BCUT2D eigenvalue weighted by Crippen LogP contribution is -2.45. The number of nitrogens with one attached hydrogen (secondary N) is 2. The molecule has 1 fully saturated rings. The lowest BCUT2D eigenvalue weighted by Gasteiger charge is -2.21. The highest BCUT2D eigenvalue weighted by molar-refractivity contribution is 6.08. The molecule has 1 atom stereocenters. The van der Waals surface area contributed by atoms with Crippen LogP contribution < -0.4 is 20.1 Å².